The first-order valence-electron chi connectivity index (χ1n) is 8.04. The monoisotopic (exact) mass is 363 g/mol. The summed E-state index contributed by atoms with van der Waals surface area (Å²) < 4.78 is 27.5. The molecular weight excluding hydrogens is 343 g/mol. The van der Waals surface area contributed by atoms with E-state index in [4.69, 9.17) is 20.9 Å². The number of aromatic nitrogens is 3. The minimum atomic E-state index is -1.04. The molecule has 1 fully saturated rings. The van der Waals surface area contributed by atoms with Crippen molar-refractivity contribution < 1.29 is 13.7 Å². The second-order valence-electron chi connectivity index (χ2n) is 7.08. The minimum Gasteiger partial charge on any atom is -0.398 e. The number of halogens is 2. The van der Waals surface area contributed by atoms with E-state index in [9.17, 15) is 4.39 Å². The van der Waals surface area contributed by atoms with Gasteiger partial charge in [-0.3, -0.25) is 0 Å². The zero-order valence-electron chi connectivity index (χ0n) is 14.7. The van der Waals surface area contributed by atoms with E-state index in [0.29, 0.717) is 17.3 Å². The van der Waals surface area contributed by atoms with Gasteiger partial charge in [-0.1, -0.05) is 28.9 Å². The molecular formula is C17H20BClFN3O2. The van der Waals surface area contributed by atoms with Crippen LogP contribution in [0.4, 0.5) is 4.39 Å². The molecule has 2 heterocycles. The van der Waals surface area contributed by atoms with Gasteiger partial charge in [0.05, 0.1) is 23.9 Å². The lowest BCUT2D eigenvalue weighted by atomic mass is 9.87. The first kappa shape index (κ1) is 18.1. The first-order chi connectivity index (χ1) is 11.7. The third-order valence-electron chi connectivity index (χ3n) is 4.58. The maximum absolute atomic E-state index is 14.5. The van der Waals surface area contributed by atoms with E-state index in [1.807, 2.05) is 52.0 Å². The molecule has 5 nitrogen and oxygen atoms in total. The van der Waals surface area contributed by atoms with Crippen molar-refractivity contribution in [2.45, 2.75) is 45.4 Å². The Labute approximate surface area is 151 Å². The molecule has 0 bridgehead atoms. The number of hydrogen-bond acceptors (Lipinski definition) is 4. The molecule has 3 rings (SSSR count). The number of rotatable bonds is 4. The topological polar surface area (TPSA) is 49.2 Å². The van der Waals surface area contributed by atoms with Gasteiger partial charge >= 0.3 is 7.12 Å². The van der Waals surface area contributed by atoms with Crippen LogP contribution in [0.3, 0.4) is 0 Å². The Bertz CT molecular complexity index is 773. The second kappa shape index (κ2) is 6.55. The second-order valence-corrected chi connectivity index (χ2v) is 7.52. The third-order valence-corrected chi connectivity index (χ3v) is 4.83. The molecule has 0 spiro atoms. The molecule has 1 aliphatic heterocycles. The van der Waals surface area contributed by atoms with Gasteiger partial charge in [-0.05, 0) is 51.5 Å². The van der Waals surface area contributed by atoms with Crippen LogP contribution >= 0.6 is 11.6 Å². The molecule has 0 unspecified atom stereocenters. The van der Waals surface area contributed by atoms with E-state index >= 15 is 0 Å². The van der Waals surface area contributed by atoms with Crippen LogP contribution in [-0.4, -0.2) is 33.3 Å². The standard InChI is InChI=1S/C17H20BClFN3O2/c1-16(2)17(3,4)25-18(24-16)15(20)9-14-11-23(22-21-14)10-12-5-7-13(19)8-6-12/h5-9,11H,10H2,1-4H3. The Balaban J connectivity index is 1.70. The summed E-state index contributed by atoms with van der Waals surface area (Å²) in [6.07, 6.45) is 2.95. The lowest BCUT2D eigenvalue weighted by Crippen LogP contribution is -2.41. The van der Waals surface area contributed by atoms with Gasteiger partial charge in [0, 0.05) is 5.02 Å². The van der Waals surface area contributed by atoms with Crippen LogP contribution in [0.2, 0.25) is 5.02 Å². The number of benzene rings is 1. The molecule has 0 radical (unpaired) electrons. The fourth-order valence-electron chi connectivity index (χ4n) is 2.40. The predicted molar refractivity (Wildman–Crippen MR) is 95.7 cm³/mol. The fraction of sp³-hybridized carbons (Fsp3) is 0.412. The minimum absolute atomic E-state index is 0.404. The molecule has 0 amide bonds. The summed E-state index contributed by atoms with van der Waals surface area (Å²) >= 11 is 5.87. The fourth-order valence-corrected chi connectivity index (χ4v) is 2.52. The van der Waals surface area contributed by atoms with Crippen LogP contribution in [0.25, 0.3) is 6.08 Å². The lowest BCUT2D eigenvalue weighted by Gasteiger charge is -2.32. The van der Waals surface area contributed by atoms with Crippen LogP contribution < -0.4 is 0 Å². The quantitative estimate of drug-likeness (QED) is 0.773. The van der Waals surface area contributed by atoms with Gasteiger partial charge in [-0.2, -0.15) is 0 Å². The van der Waals surface area contributed by atoms with E-state index in [0.717, 1.165) is 5.56 Å². The summed E-state index contributed by atoms with van der Waals surface area (Å²) in [7, 11) is -1.04. The van der Waals surface area contributed by atoms with Gasteiger partial charge in [0.25, 0.3) is 0 Å². The van der Waals surface area contributed by atoms with Crippen LogP contribution in [0.5, 0.6) is 0 Å². The normalized spacial score (nSPS) is 19.4. The van der Waals surface area contributed by atoms with E-state index in [1.54, 1.807) is 10.9 Å². The van der Waals surface area contributed by atoms with Crippen molar-refractivity contribution in [3.8, 4) is 0 Å². The van der Waals surface area contributed by atoms with Crippen molar-refractivity contribution in [3.05, 3.63) is 52.5 Å². The highest BCUT2D eigenvalue weighted by Gasteiger charge is 2.53. The molecule has 1 aromatic heterocycles. The van der Waals surface area contributed by atoms with E-state index < -0.39 is 24.0 Å². The maximum Gasteiger partial charge on any atom is 0.525 e. The van der Waals surface area contributed by atoms with Gasteiger partial charge in [0.2, 0.25) is 0 Å². The summed E-state index contributed by atoms with van der Waals surface area (Å²) in [5, 5.41) is 8.66. The van der Waals surface area contributed by atoms with Crippen molar-refractivity contribution in [2.75, 3.05) is 0 Å². The van der Waals surface area contributed by atoms with E-state index in [1.165, 1.54) is 6.08 Å². The maximum atomic E-state index is 14.5. The van der Waals surface area contributed by atoms with Crippen molar-refractivity contribution in [1.29, 1.82) is 0 Å². The zero-order chi connectivity index (χ0) is 18.2. The highest BCUT2D eigenvalue weighted by Crippen LogP contribution is 2.38. The molecule has 132 valence electrons. The van der Waals surface area contributed by atoms with Crippen LogP contribution in [0.15, 0.2) is 36.2 Å². The summed E-state index contributed by atoms with van der Waals surface area (Å²) in [6.45, 7) is 8.03. The summed E-state index contributed by atoms with van der Waals surface area (Å²) in [5.74, 6) is 0. The van der Waals surface area contributed by atoms with Crippen LogP contribution in [0, 0.1) is 0 Å². The molecule has 1 saturated heterocycles. The molecule has 0 atom stereocenters. The molecule has 2 aromatic rings. The SMILES string of the molecule is CC1(C)OB(C(F)=Cc2cn(Cc3ccc(Cl)cc3)nn2)OC1(C)C. The highest BCUT2D eigenvalue weighted by molar-refractivity contribution is 6.54. The van der Waals surface area contributed by atoms with Crippen molar-refractivity contribution in [1.82, 2.24) is 15.0 Å². The summed E-state index contributed by atoms with van der Waals surface area (Å²) in [4.78, 5) is 0. The third kappa shape index (κ3) is 3.94. The van der Waals surface area contributed by atoms with Gasteiger partial charge in [-0.15, -0.1) is 5.10 Å². The van der Waals surface area contributed by atoms with Gasteiger partial charge in [-0.25, -0.2) is 9.07 Å². The van der Waals surface area contributed by atoms with E-state index in [-0.39, 0.29) is 0 Å². The summed E-state index contributed by atoms with van der Waals surface area (Å²) in [5.41, 5.74) is -0.279. The predicted octanol–water partition coefficient (Wildman–Crippen LogP) is 3.92. The average Bonchev–Trinajstić information content (AvgIpc) is 3.03. The summed E-state index contributed by atoms with van der Waals surface area (Å²) in [6, 6.07) is 7.44. The van der Waals surface area contributed by atoms with Gasteiger partial charge in [0.15, 0.2) is 0 Å². The first-order valence-corrected chi connectivity index (χ1v) is 8.41. The van der Waals surface area contributed by atoms with Crippen LogP contribution in [-0.2, 0) is 15.9 Å². The van der Waals surface area contributed by atoms with Gasteiger partial charge in [0.1, 0.15) is 11.4 Å². The molecule has 0 aliphatic carbocycles. The Hall–Kier alpha value is -1.70. The van der Waals surface area contributed by atoms with E-state index in [2.05, 4.69) is 10.3 Å². The molecule has 0 saturated carbocycles. The Morgan fingerprint density at radius 3 is 2.40 bits per heavy atom. The van der Waals surface area contributed by atoms with Crippen molar-refractivity contribution >= 4 is 24.8 Å². The number of hydrogen-bond donors (Lipinski definition) is 0. The van der Waals surface area contributed by atoms with Gasteiger partial charge < -0.3 is 9.31 Å². The Kier molecular flexibility index (Phi) is 4.75. The lowest BCUT2D eigenvalue weighted by molar-refractivity contribution is 0.00578. The molecule has 25 heavy (non-hydrogen) atoms. The number of nitrogens with zero attached hydrogens (tertiary/aromatic N) is 3. The molecule has 0 N–H and O–H groups in total. The molecule has 1 aromatic carbocycles. The smallest absolute Gasteiger partial charge is 0.398 e. The zero-order valence-corrected chi connectivity index (χ0v) is 15.4. The van der Waals surface area contributed by atoms with Crippen molar-refractivity contribution in [3.63, 3.8) is 0 Å². The highest BCUT2D eigenvalue weighted by atomic mass is 35.5. The Morgan fingerprint density at radius 1 is 1.20 bits per heavy atom. The van der Waals surface area contributed by atoms with Crippen LogP contribution in [0.1, 0.15) is 39.0 Å². The average molecular weight is 364 g/mol. The largest absolute Gasteiger partial charge is 0.525 e. The Morgan fingerprint density at radius 2 is 1.80 bits per heavy atom. The molecule has 8 heteroatoms. The van der Waals surface area contributed by atoms with Crippen molar-refractivity contribution in [2.24, 2.45) is 0 Å². The molecule has 1 aliphatic rings.